The fraction of sp³-hybridized carbons (Fsp3) is 0.214. The van der Waals surface area contributed by atoms with Crippen LogP contribution < -0.4 is 21.4 Å². The zero-order valence-electron chi connectivity index (χ0n) is 21.9. The lowest BCUT2D eigenvalue weighted by Gasteiger charge is -2.43. The maximum absolute atomic E-state index is 14.6. The number of hydrogen-bond acceptors (Lipinski definition) is 2. The molecule has 0 fully saturated rings. The predicted octanol–water partition coefficient (Wildman–Crippen LogP) is 9.45. The highest BCUT2D eigenvalue weighted by molar-refractivity contribution is 9.12. The quantitative estimate of drug-likeness (QED) is 0.239. The smallest absolute Gasteiger partial charge is 0.398 e. The minimum atomic E-state index is -6.21. The molecule has 4 rings (SSSR count). The van der Waals surface area contributed by atoms with Crippen LogP contribution in [0.15, 0.2) is 116 Å². The Balaban J connectivity index is 2.21. The normalized spacial score (nSPS) is 20.7. The van der Waals surface area contributed by atoms with E-state index in [1.165, 1.54) is 48.5 Å². The van der Waals surface area contributed by atoms with Crippen molar-refractivity contribution in [3.05, 3.63) is 116 Å². The molecule has 0 amide bonds. The maximum atomic E-state index is 14.6. The monoisotopic (exact) mass is 798 g/mol. The molecule has 0 saturated heterocycles. The fourth-order valence-corrected chi connectivity index (χ4v) is 8.17. The van der Waals surface area contributed by atoms with E-state index in [0.29, 0.717) is 6.08 Å². The first-order valence-corrected chi connectivity index (χ1v) is 15.2. The third-order valence-electron chi connectivity index (χ3n) is 7.05. The van der Waals surface area contributed by atoms with Crippen molar-refractivity contribution >= 4 is 50.5 Å². The van der Waals surface area contributed by atoms with E-state index in [0.717, 1.165) is 0 Å². The van der Waals surface area contributed by atoms with Crippen LogP contribution in [0.4, 0.5) is 52.7 Å². The number of hydrogen-bond donors (Lipinski definition) is 2. The summed E-state index contributed by atoms with van der Waals surface area (Å²) in [6.07, 6.45) is -25.2. The van der Waals surface area contributed by atoms with Gasteiger partial charge in [-0.05, 0) is 22.0 Å². The van der Waals surface area contributed by atoms with Crippen molar-refractivity contribution < 1.29 is 52.7 Å². The molecule has 0 heterocycles. The van der Waals surface area contributed by atoms with E-state index >= 15 is 0 Å². The molecule has 2 aliphatic rings. The van der Waals surface area contributed by atoms with Crippen molar-refractivity contribution in [2.24, 2.45) is 16.6 Å². The third-order valence-corrected chi connectivity index (χ3v) is 10.8. The molecule has 0 aliphatic heterocycles. The highest BCUT2D eigenvalue weighted by Gasteiger charge is 2.75. The number of benzene rings is 2. The van der Waals surface area contributed by atoms with Crippen molar-refractivity contribution in [1.29, 1.82) is 0 Å². The van der Waals surface area contributed by atoms with Gasteiger partial charge in [-0.1, -0.05) is 94.8 Å². The third kappa shape index (κ3) is 5.75. The Morgan fingerprint density at radius 2 is 1.00 bits per heavy atom. The van der Waals surface area contributed by atoms with E-state index in [9.17, 15) is 52.7 Å². The van der Waals surface area contributed by atoms with Crippen molar-refractivity contribution in [1.82, 2.24) is 5.09 Å². The number of nitrogens with two attached hydrogens (primary N) is 1. The van der Waals surface area contributed by atoms with Gasteiger partial charge in [-0.3, -0.25) is 0 Å². The van der Waals surface area contributed by atoms with Gasteiger partial charge in [0.1, 0.15) is 0 Å². The van der Waals surface area contributed by atoms with E-state index in [2.05, 4.69) is 36.9 Å². The lowest BCUT2D eigenvalue weighted by molar-refractivity contribution is -0.307. The van der Waals surface area contributed by atoms with E-state index in [1.807, 2.05) is 0 Å². The number of nitrogens with one attached hydrogen (secondary N) is 1. The van der Waals surface area contributed by atoms with Gasteiger partial charge in [-0.25, -0.2) is 0 Å². The van der Waals surface area contributed by atoms with Crippen LogP contribution in [-0.4, -0.2) is 24.7 Å². The van der Waals surface area contributed by atoms with E-state index in [1.54, 1.807) is 12.1 Å². The van der Waals surface area contributed by atoms with Crippen LogP contribution in [0.25, 0.3) is 0 Å². The van der Waals surface area contributed by atoms with Crippen molar-refractivity contribution in [2.75, 3.05) is 0 Å². The minimum Gasteiger partial charge on any atom is -0.398 e. The fourth-order valence-electron chi connectivity index (χ4n) is 4.83. The van der Waals surface area contributed by atoms with Gasteiger partial charge in [0.05, 0.1) is 19.5 Å². The van der Waals surface area contributed by atoms with Gasteiger partial charge < -0.3 is 10.8 Å². The molecular formula is C28H17Br2F12N2P. The molecule has 2 aromatic rings. The molecule has 45 heavy (non-hydrogen) atoms. The van der Waals surface area contributed by atoms with Gasteiger partial charge in [0.2, 0.25) is 10.8 Å². The molecule has 0 radical (unpaired) electrons. The summed E-state index contributed by atoms with van der Waals surface area (Å²) in [5.41, 5.74) is -9.62. The molecule has 0 bridgehead atoms. The van der Waals surface area contributed by atoms with Gasteiger partial charge >= 0.3 is 24.7 Å². The van der Waals surface area contributed by atoms with Crippen molar-refractivity contribution in [3.8, 4) is 0 Å². The van der Waals surface area contributed by atoms with Crippen LogP contribution >= 0.6 is 39.9 Å². The molecule has 0 saturated carbocycles. The molecule has 17 heteroatoms. The van der Waals surface area contributed by atoms with Gasteiger partial charge in [0.25, 0.3) is 0 Å². The zero-order valence-corrected chi connectivity index (χ0v) is 26.0. The highest BCUT2D eigenvalue weighted by atomic mass is 79.9. The molecule has 0 unspecified atom stereocenters. The topological polar surface area (TPSA) is 38.0 Å². The first-order chi connectivity index (χ1) is 20.6. The van der Waals surface area contributed by atoms with Crippen LogP contribution in [0.1, 0.15) is 0 Å². The predicted molar refractivity (Wildman–Crippen MR) is 153 cm³/mol. The summed E-state index contributed by atoms with van der Waals surface area (Å²) < 4.78 is 172. The van der Waals surface area contributed by atoms with Gasteiger partial charge in [-0.2, -0.15) is 52.7 Å². The van der Waals surface area contributed by atoms with Crippen LogP contribution in [-0.2, 0) is 0 Å². The second kappa shape index (κ2) is 11.8. The zero-order chi connectivity index (χ0) is 33.8. The minimum absolute atomic E-state index is 0.0502. The average Bonchev–Trinajstić information content (AvgIpc) is 2.92. The van der Waals surface area contributed by atoms with Crippen LogP contribution in [0.3, 0.4) is 0 Å². The highest BCUT2D eigenvalue weighted by Crippen LogP contribution is 2.64. The first-order valence-electron chi connectivity index (χ1n) is 12.2. The summed E-state index contributed by atoms with van der Waals surface area (Å²) in [4.78, 5) is 0. The Hall–Kier alpha value is -2.71. The summed E-state index contributed by atoms with van der Waals surface area (Å²) >= 11 is 5.12. The SMILES string of the molecule is NC1=C(Br)C=CC(C(F)(F)F)(C(F)(F)F)/C1=C1/C=CC(C(F)(F)F)(C(F)(F)F)C(Br)=C1NP(c1ccccc1)c1ccccc1. The Bertz CT molecular complexity index is 1530. The summed E-state index contributed by atoms with van der Waals surface area (Å²) in [7, 11) is -2.26. The summed E-state index contributed by atoms with van der Waals surface area (Å²) in [6, 6.07) is 14.8. The lowest BCUT2D eigenvalue weighted by atomic mass is 9.69. The Morgan fingerprint density at radius 1 is 0.600 bits per heavy atom. The molecule has 0 atom stereocenters. The summed E-state index contributed by atoms with van der Waals surface area (Å²) in [5, 5.41) is 3.03. The van der Waals surface area contributed by atoms with Gasteiger partial charge in [-0.15, -0.1) is 0 Å². The number of halogens is 14. The van der Waals surface area contributed by atoms with Crippen LogP contribution in [0, 0.1) is 10.8 Å². The molecule has 2 aromatic carbocycles. The maximum Gasteiger partial charge on any atom is 0.411 e. The van der Waals surface area contributed by atoms with Gasteiger partial charge in [0.15, 0.2) is 0 Å². The van der Waals surface area contributed by atoms with E-state index < -0.39 is 81.2 Å². The van der Waals surface area contributed by atoms with Gasteiger partial charge in [0, 0.05) is 30.7 Å². The van der Waals surface area contributed by atoms with Crippen molar-refractivity contribution in [3.63, 3.8) is 0 Å². The first kappa shape index (κ1) is 35.1. The molecule has 2 nitrogen and oxygen atoms in total. The average molecular weight is 800 g/mol. The number of allylic oxidation sites excluding steroid dienone is 7. The number of alkyl halides is 12. The number of rotatable bonds is 4. The van der Waals surface area contributed by atoms with E-state index in [-0.39, 0.29) is 22.8 Å². The molecule has 0 spiro atoms. The van der Waals surface area contributed by atoms with Crippen LogP contribution in [0.2, 0.25) is 0 Å². The Labute approximate surface area is 265 Å². The molecule has 242 valence electrons. The molecule has 0 aromatic heterocycles. The summed E-state index contributed by atoms with van der Waals surface area (Å²) in [5.74, 6) is 0. The second-order valence-electron chi connectivity index (χ2n) is 9.63. The van der Waals surface area contributed by atoms with Crippen molar-refractivity contribution in [2.45, 2.75) is 24.7 Å². The molecule has 2 aliphatic carbocycles. The standard InChI is InChI=1S/C28H17Br2F12N2P/c29-18-12-14-23(25(31,32)33,26(34,35)36)19(20(18)43)17-11-13-24(27(37,38)39,28(40,41)42)22(30)21(17)44-45(15-7-3-1-4-8-15)16-9-5-2-6-10-16/h1-14,44H,43H2/b19-17-. The van der Waals surface area contributed by atoms with Crippen LogP contribution in [0.5, 0.6) is 0 Å². The largest absolute Gasteiger partial charge is 0.411 e. The molecule has 3 N–H and O–H groups in total. The Kier molecular flexibility index (Phi) is 9.24. The summed E-state index contributed by atoms with van der Waals surface area (Å²) in [6.45, 7) is 0. The molecular weight excluding hydrogens is 783 g/mol. The Morgan fingerprint density at radius 3 is 1.40 bits per heavy atom. The lowest BCUT2D eigenvalue weighted by Crippen LogP contribution is -2.53. The second-order valence-corrected chi connectivity index (χ2v) is 13.2. The van der Waals surface area contributed by atoms with E-state index in [4.69, 9.17) is 5.73 Å².